The summed E-state index contributed by atoms with van der Waals surface area (Å²) in [5.74, 6) is 0.466. The van der Waals surface area contributed by atoms with E-state index in [4.69, 9.17) is 22.1 Å². The molecule has 0 bridgehead atoms. The molecule has 1 aromatic rings. The number of hydrogen-bond acceptors (Lipinski definition) is 4. The van der Waals surface area contributed by atoms with E-state index in [9.17, 15) is 10.1 Å². The maximum atomic E-state index is 10.9. The highest BCUT2D eigenvalue weighted by atomic mass is 35.5. The maximum absolute atomic E-state index is 10.9. The van der Waals surface area contributed by atoms with Gasteiger partial charge in [0.2, 0.25) is 0 Å². The van der Waals surface area contributed by atoms with Gasteiger partial charge in [0.25, 0.3) is 5.69 Å². The fourth-order valence-corrected chi connectivity index (χ4v) is 2.11. The number of nitrogens with zero attached hydrogens (tertiary/aromatic N) is 1. The van der Waals surface area contributed by atoms with E-state index in [1.807, 2.05) is 6.08 Å². The van der Waals surface area contributed by atoms with Crippen LogP contribution in [-0.4, -0.2) is 17.0 Å². The highest BCUT2D eigenvalue weighted by Gasteiger charge is 2.18. The van der Waals surface area contributed by atoms with Gasteiger partial charge in [0.1, 0.15) is 5.75 Å². The molecule has 0 aromatic heterocycles. The molecule has 2 N–H and O–H groups in total. The van der Waals surface area contributed by atoms with Crippen molar-refractivity contribution in [3.05, 3.63) is 39.4 Å². The highest BCUT2D eigenvalue weighted by molar-refractivity contribution is 6.17. The summed E-state index contributed by atoms with van der Waals surface area (Å²) in [7, 11) is 0. The van der Waals surface area contributed by atoms with Gasteiger partial charge in [-0.05, 0) is 18.4 Å². The summed E-state index contributed by atoms with van der Waals surface area (Å²) >= 11 is 5.55. The lowest BCUT2D eigenvalue weighted by atomic mass is 10.0. The molecule has 96 valence electrons. The van der Waals surface area contributed by atoms with Crippen LogP contribution < -0.4 is 10.5 Å². The molecule has 0 saturated heterocycles. The van der Waals surface area contributed by atoms with Gasteiger partial charge in [0.15, 0.2) is 6.07 Å². The fraction of sp³-hybridized carbons (Fsp3) is 0.333. The van der Waals surface area contributed by atoms with Crippen molar-refractivity contribution in [3.63, 3.8) is 0 Å². The molecule has 1 aliphatic rings. The molecule has 1 aliphatic carbocycles. The number of alkyl halides is 1. The van der Waals surface area contributed by atoms with E-state index in [2.05, 4.69) is 0 Å². The highest BCUT2D eigenvalue weighted by Crippen LogP contribution is 2.32. The van der Waals surface area contributed by atoms with Gasteiger partial charge >= 0.3 is 0 Å². The van der Waals surface area contributed by atoms with Crippen LogP contribution in [0.1, 0.15) is 17.5 Å². The first-order valence-electron chi connectivity index (χ1n) is 5.55. The number of nitro benzene ring substituents is 1. The second-order valence-electron chi connectivity index (χ2n) is 4.08. The van der Waals surface area contributed by atoms with E-state index in [-0.39, 0.29) is 17.8 Å². The predicted octanol–water partition coefficient (Wildman–Crippen LogP) is 2.46. The summed E-state index contributed by atoms with van der Waals surface area (Å²) in [5, 5.41) is 10.9. The van der Waals surface area contributed by atoms with Crippen LogP contribution in [0.4, 0.5) is 5.69 Å². The topological polar surface area (TPSA) is 78.4 Å². The Morgan fingerprint density at radius 1 is 1.56 bits per heavy atom. The molecule has 0 radical (unpaired) electrons. The molecule has 18 heavy (non-hydrogen) atoms. The normalized spacial score (nSPS) is 18.0. The van der Waals surface area contributed by atoms with Crippen molar-refractivity contribution >= 4 is 23.4 Å². The first kappa shape index (κ1) is 12.9. The van der Waals surface area contributed by atoms with Crippen LogP contribution >= 0.6 is 11.6 Å². The molecule has 0 spiro atoms. The third-order valence-corrected chi connectivity index (χ3v) is 3.01. The molecule has 5 nitrogen and oxygen atoms in total. The molecular weight excluding hydrogens is 256 g/mol. The zero-order valence-corrected chi connectivity index (χ0v) is 10.4. The molecule has 1 atom stereocenters. The van der Waals surface area contributed by atoms with Gasteiger partial charge in [-0.3, -0.25) is 10.1 Å². The molecule has 0 amide bonds. The summed E-state index contributed by atoms with van der Waals surface area (Å²) < 4.78 is 5.27. The van der Waals surface area contributed by atoms with Gasteiger partial charge in [-0.15, -0.1) is 0 Å². The molecule has 0 saturated carbocycles. The average molecular weight is 269 g/mol. The standard InChI is InChI=1S/C12H13ClN2O3/c13-7-18-12-6-10(15(16)17)5-8-1-2-9(14)3-4-11(8)12/h1-2,5-6,9H,3-4,7,14H2/t9-/m1/s1. The van der Waals surface area contributed by atoms with Crippen molar-refractivity contribution in [3.8, 4) is 5.75 Å². The first-order chi connectivity index (χ1) is 8.61. The summed E-state index contributed by atoms with van der Waals surface area (Å²) in [6.07, 6.45) is 5.15. The summed E-state index contributed by atoms with van der Waals surface area (Å²) in [6.45, 7) is 0. The smallest absolute Gasteiger partial charge is 0.273 e. The largest absolute Gasteiger partial charge is 0.477 e. The second kappa shape index (κ2) is 5.37. The van der Waals surface area contributed by atoms with Gasteiger partial charge in [-0.25, -0.2) is 0 Å². The van der Waals surface area contributed by atoms with Gasteiger partial charge in [-0.2, -0.15) is 0 Å². The molecule has 0 unspecified atom stereocenters. The predicted molar refractivity (Wildman–Crippen MR) is 69.8 cm³/mol. The number of halogens is 1. The van der Waals surface area contributed by atoms with Crippen LogP contribution in [0.3, 0.4) is 0 Å². The quantitative estimate of drug-likeness (QED) is 0.519. The molecule has 6 heteroatoms. The van der Waals surface area contributed by atoms with E-state index >= 15 is 0 Å². The van der Waals surface area contributed by atoms with Crippen LogP contribution in [0.2, 0.25) is 0 Å². The third-order valence-electron chi connectivity index (χ3n) is 2.90. The maximum Gasteiger partial charge on any atom is 0.273 e. The Bertz CT molecular complexity index is 502. The Morgan fingerprint density at radius 3 is 3.00 bits per heavy atom. The summed E-state index contributed by atoms with van der Waals surface area (Å²) in [6, 6.07) is 2.86. The minimum absolute atomic E-state index is 0.00557. The van der Waals surface area contributed by atoms with Gasteiger partial charge in [0.05, 0.1) is 11.0 Å². The van der Waals surface area contributed by atoms with E-state index in [1.165, 1.54) is 12.1 Å². The SMILES string of the molecule is N[C@@H]1C=Cc2cc([N+](=O)[O-])cc(OCCl)c2CC1. The minimum Gasteiger partial charge on any atom is -0.477 e. The zero-order chi connectivity index (χ0) is 13.1. The molecule has 0 heterocycles. The van der Waals surface area contributed by atoms with Crippen LogP contribution in [0.15, 0.2) is 18.2 Å². The van der Waals surface area contributed by atoms with Gasteiger partial charge in [-0.1, -0.05) is 23.8 Å². The monoisotopic (exact) mass is 268 g/mol. The van der Waals surface area contributed by atoms with E-state index in [1.54, 1.807) is 6.08 Å². The van der Waals surface area contributed by atoms with Crippen molar-refractivity contribution in [1.82, 2.24) is 0 Å². The zero-order valence-electron chi connectivity index (χ0n) is 9.64. The van der Waals surface area contributed by atoms with Gasteiger partial charge in [0, 0.05) is 17.7 Å². The summed E-state index contributed by atoms with van der Waals surface area (Å²) in [4.78, 5) is 10.4. The van der Waals surface area contributed by atoms with Crippen molar-refractivity contribution in [2.24, 2.45) is 5.73 Å². The Labute approximate surface area is 109 Å². The number of nitrogens with two attached hydrogens (primary N) is 1. The van der Waals surface area contributed by atoms with Crippen molar-refractivity contribution in [2.45, 2.75) is 18.9 Å². The van der Waals surface area contributed by atoms with Crippen LogP contribution in [-0.2, 0) is 6.42 Å². The third kappa shape index (κ3) is 2.63. The van der Waals surface area contributed by atoms with Crippen molar-refractivity contribution < 1.29 is 9.66 Å². The van der Waals surface area contributed by atoms with Crippen molar-refractivity contribution in [1.29, 1.82) is 0 Å². The Hall–Kier alpha value is -1.59. The number of ether oxygens (including phenoxy) is 1. The van der Waals surface area contributed by atoms with E-state index in [0.29, 0.717) is 12.2 Å². The molecule has 1 aromatic carbocycles. The lowest BCUT2D eigenvalue weighted by molar-refractivity contribution is -0.385. The molecular formula is C12H13ClN2O3. The lowest BCUT2D eigenvalue weighted by Crippen LogP contribution is -2.16. The second-order valence-corrected chi connectivity index (χ2v) is 4.30. The minimum atomic E-state index is -0.444. The van der Waals surface area contributed by atoms with E-state index in [0.717, 1.165) is 17.5 Å². The molecule has 0 fully saturated rings. The van der Waals surface area contributed by atoms with Crippen LogP contribution in [0.5, 0.6) is 5.75 Å². The molecule has 2 rings (SSSR count). The average Bonchev–Trinajstić information content (AvgIpc) is 2.52. The Morgan fingerprint density at radius 2 is 2.33 bits per heavy atom. The van der Waals surface area contributed by atoms with Crippen LogP contribution in [0.25, 0.3) is 6.08 Å². The van der Waals surface area contributed by atoms with Crippen molar-refractivity contribution in [2.75, 3.05) is 6.07 Å². The first-order valence-corrected chi connectivity index (χ1v) is 6.09. The number of non-ortho nitro benzene ring substituents is 1. The Kier molecular flexibility index (Phi) is 3.84. The number of hydrogen-bond donors (Lipinski definition) is 1. The number of rotatable bonds is 3. The number of nitro groups is 1. The van der Waals surface area contributed by atoms with E-state index < -0.39 is 4.92 Å². The summed E-state index contributed by atoms with van der Waals surface area (Å²) in [5.41, 5.74) is 7.54. The van der Waals surface area contributed by atoms with Crippen LogP contribution in [0, 0.1) is 10.1 Å². The van der Waals surface area contributed by atoms with Gasteiger partial charge < -0.3 is 10.5 Å². The molecule has 0 aliphatic heterocycles. The number of benzene rings is 1. The Balaban J connectivity index is 2.52. The lowest BCUT2D eigenvalue weighted by Gasteiger charge is -2.11. The fourth-order valence-electron chi connectivity index (χ4n) is 2.00. The number of fused-ring (bicyclic) bond motifs is 1.